The van der Waals surface area contributed by atoms with Crippen molar-refractivity contribution < 1.29 is 9.13 Å². The Bertz CT molecular complexity index is 507. The van der Waals surface area contributed by atoms with Crippen molar-refractivity contribution in [3.8, 4) is 5.75 Å². The molecule has 1 aromatic carbocycles. The van der Waals surface area contributed by atoms with Crippen molar-refractivity contribution in [2.24, 2.45) is 11.7 Å². The van der Waals surface area contributed by atoms with Crippen LogP contribution in [0.25, 0.3) is 0 Å². The highest BCUT2D eigenvalue weighted by atomic mass is 32.1. The zero-order valence-electron chi connectivity index (χ0n) is 12.6. The second-order valence-corrected chi connectivity index (χ2v) is 6.59. The van der Waals surface area contributed by atoms with E-state index in [-0.39, 0.29) is 11.9 Å². The molecule has 0 aliphatic carbocycles. The Kier molecular flexibility index (Phi) is 5.53. The molecule has 0 spiro atoms. The first-order chi connectivity index (χ1) is 9.94. The SMILES string of the molecule is CC(C)CN(CCC(N)=S)CC1Cc2cc(F)ccc2O1. The molecule has 1 heterocycles. The second kappa shape index (κ2) is 7.18. The van der Waals surface area contributed by atoms with E-state index in [1.165, 1.54) is 6.07 Å². The lowest BCUT2D eigenvalue weighted by Gasteiger charge is -2.26. The zero-order chi connectivity index (χ0) is 15.4. The molecule has 2 rings (SSSR count). The molecule has 1 aromatic rings. The van der Waals surface area contributed by atoms with Gasteiger partial charge in [-0.2, -0.15) is 0 Å². The van der Waals surface area contributed by atoms with Crippen molar-refractivity contribution in [1.82, 2.24) is 4.90 Å². The Balaban J connectivity index is 1.93. The van der Waals surface area contributed by atoms with Crippen molar-refractivity contribution in [2.75, 3.05) is 19.6 Å². The fourth-order valence-corrected chi connectivity index (χ4v) is 2.81. The number of hydrogen-bond acceptors (Lipinski definition) is 3. The largest absolute Gasteiger partial charge is 0.488 e. The number of thiocarbonyl (C=S) groups is 1. The molecule has 0 saturated heterocycles. The summed E-state index contributed by atoms with van der Waals surface area (Å²) in [6, 6.07) is 4.73. The molecule has 1 aliphatic rings. The number of hydrogen-bond donors (Lipinski definition) is 1. The maximum Gasteiger partial charge on any atom is 0.123 e. The average molecular weight is 310 g/mol. The van der Waals surface area contributed by atoms with Crippen molar-refractivity contribution in [2.45, 2.75) is 32.8 Å². The van der Waals surface area contributed by atoms with Gasteiger partial charge in [0.25, 0.3) is 0 Å². The summed E-state index contributed by atoms with van der Waals surface area (Å²) >= 11 is 4.96. The maximum atomic E-state index is 13.2. The predicted molar refractivity (Wildman–Crippen MR) is 87.2 cm³/mol. The summed E-state index contributed by atoms with van der Waals surface area (Å²) in [5, 5.41) is 0. The van der Waals surface area contributed by atoms with E-state index in [0.29, 0.717) is 10.9 Å². The molecule has 1 unspecified atom stereocenters. The Morgan fingerprint density at radius 2 is 2.29 bits per heavy atom. The van der Waals surface area contributed by atoms with Gasteiger partial charge in [-0.3, -0.25) is 4.90 Å². The zero-order valence-corrected chi connectivity index (χ0v) is 13.5. The van der Waals surface area contributed by atoms with Crippen LogP contribution >= 0.6 is 12.2 Å². The van der Waals surface area contributed by atoms with E-state index in [1.807, 2.05) is 0 Å². The van der Waals surface area contributed by atoms with Crippen LogP contribution in [0.2, 0.25) is 0 Å². The highest BCUT2D eigenvalue weighted by Crippen LogP contribution is 2.29. The van der Waals surface area contributed by atoms with Gasteiger partial charge in [0, 0.05) is 38.0 Å². The molecule has 0 radical (unpaired) electrons. The van der Waals surface area contributed by atoms with Gasteiger partial charge in [0.05, 0.1) is 4.99 Å². The number of rotatable bonds is 7. The summed E-state index contributed by atoms with van der Waals surface area (Å²) in [4.78, 5) is 2.87. The fraction of sp³-hybridized carbons (Fsp3) is 0.562. The summed E-state index contributed by atoms with van der Waals surface area (Å²) in [6.45, 7) is 7.02. The first-order valence-corrected chi connectivity index (χ1v) is 7.80. The topological polar surface area (TPSA) is 38.5 Å². The number of fused-ring (bicyclic) bond motifs is 1. The van der Waals surface area contributed by atoms with E-state index >= 15 is 0 Å². The van der Waals surface area contributed by atoms with Crippen molar-refractivity contribution >= 4 is 17.2 Å². The summed E-state index contributed by atoms with van der Waals surface area (Å²) in [5.41, 5.74) is 6.55. The average Bonchev–Trinajstić information content (AvgIpc) is 2.76. The van der Waals surface area contributed by atoms with Crippen LogP contribution in [0.1, 0.15) is 25.8 Å². The first-order valence-electron chi connectivity index (χ1n) is 7.39. The molecule has 116 valence electrons. The van der Waals surface area contributed by atoms with E-state index in [9.17, 15) is 4.39 Å². The van der Waals surface area contributed by atoms with Crippen LogP contribution in [0.3, 0.4) is 0 Å². The van der Waals surface area contributed by atoms with E-state index in [1.54, 1.807) is 12.1 Å². The van der Waals surface area contributed by atoms with Crippen LogP contribution in [0.4, 0.5) is 4.39 Å². The van der Waals surface area contributed by atoms with E-state index in [4.69, 9.17) is 22.7 Å². The van der Waals surface area contributed by atoms with Gasteiger partial charge in [-0.05, 0) is 24.1 Å². The monoisotopic (exact) mass is 310 g/mol. The molecule has 1 aliphatic heterocycles. The molecular weight excluding hydrogens is 287 g/mol. The molecule has 21 heavy (non-hydrogen) atoms. The second-order valence-electron chi connectivity index (χ2n) is 6.07. The normalized spacial score (nSPS) is 17.1. The summed E-state index contributed by atoms with van der Waals surface area (Å²) in [6.07, 6.45) is 1.55. The molecule has 0 saturated carbocycles. The van der Waals surface area contributed by atoms with Gasteiger partial charge in [-0.1, -0.05) is 26.1 Å². The van der Waals surface area contributed by atoms with Crippen LogP contribution in [0.15, 0.2) is 18.2 Å². The standard InChI is InChI=1S/C16H23FN2OS/c1-11(2)9-19(6-5-16(18)21)10-14-8-12-7-13(17)3-4-15(12)20-14/h3-4,7,11,14H,5-6,8-10H2,1-2H3,(H2,18,21). The van der Waals surface area contributed by atoms with E-state index in [0.717, 1.165) is 43.8 Å². The number of ether oxygens (including phenoxy) is 1. The number of nitrogens with zero attached hydrogens (tertiary/aromatic N) is 1. The number of halogens is 1. The minimum absolute atomic E-state index is 0.0758. The minimum Gasteiger partial charge on any atom is -0.488 e. The van der Waals surface area contributed by atoms with Gasteiger partial charge >= 0.3 is 0 Å². The highest BCUT2D eigenvalue weighted by molar-refractivity contribution is 7.80. The van der Waals surface area contributed by atoms with Crippen LogP contribution in [-0.4, -0.2) is 35.6 Å². The van der Waals surface area contributed by atoms with Gasteiger partial charge in [-0.15, -0.1) is 0 Å². The minimum atomic E-state index is -0.203. The highest BCUT2D eigenvalue weighted by Gasteiger charge is 2.25. The van der Waals surface area contributed by atoms with E-state index in [2.05, 4.69) is 18.7 Å². The molecule has 0 amide bonds. The van der Waals surface area contributed by atoms with Crippen molar-refractivity contribution in [1.29, 1.82) is 0 Å². The van der Waals surface area contributed by atoms with Crippen molar-refractivity contribution in [3.63, 3.8) is 0 Å². The Morgan fingerprint density at radius 3 is 2.95 bits per heavy atom. The molecule has 3 nitrogen and oxygen atoms in total. The smallest absolute Gasteiger partial charge is 0.123 e. The molecule has 2 N–H and O–H groups in total. The van der Waals surface area contributed by atoms with Crippen LogP contribution in [-0.2, 0) is 6.42 Å². The quantitative estimate of drug-likeness (QED) is 0.786. The third-order valence-corrected chi connectivity index (χ3v) is 3.73. The number of benzene rings is 1. The number of nitrogens with two attached hydrogens (primary N) is 1. The van der Waals surface area contributed by atoms with Gasteiger partial charge in [0.1, 0.15) is 17.7 Å². The third-order valence-electron chi connectivity index (χ3n) is 3.52. The van der Waals surface area contributed by atoms with Crippen molar-refractivity contribution in [3.05, 3.63) is 29.6 Å². The fourth-order valence-electron chi connectivity index (χ4n) is 2.72. The summed E-state index contributed by atoms with van der Waals surface area (Å²) < 4.78 is 19.1. The first kappa shape index (κ1) is 16.2. The molecule has 5 heteroatoms. The van der Waals surface area contributed by atoms with Gasteiger partial charge < -0.3 is 10.5 Å². The third kappa shape index (κ3) is 4.93. The molecule has 0 aromatic heterocycles. The van der Waals surface area contributed by atoms with Gasteiger partial charge in [0.2, 0.25) is 0 Å². The Morgan fingerprint density at radius 1 is 1.52 bits per heavy atom. The van der Waals surface area contributed by atoms with Crippen LogP contribution in [0.5, 0.6) is 5.75 Å². The van der Waals surface area contributed by atoms with Gasteiger partial charge in [0.15, 0.2) is 0 Å². The molecule has 0 bridgehead atoms. The van der Waals surface area contributed by atoms with Gasteiger partial charge in [-0.25, -0.2) is 4.39 Å². The predicted octanol–water partition coefficient (Wildman–Crippen LogP) is 2.76. The lowest BCUT2D eigenvalue weighted by Crippen LogP contribution is -2.38. The lowest BCUT2D eigenvalue weighted by atomic mass is 10.1. The van der Waals surface area contributed by atoms with E-state index < -0.39 is 0 Å². The molecule has 0 fully saturated rings. The summed E-state index contributed by atoms with van der Waals surface area (Å²) in [5.74, 6) is 1.17. The summed E-state index contributed by atoms with van der Waals surface area (Å²) in [7, 11) is 0. The van der Waals surface area contributed by atoms with Crippen LogP contribution < -0.4 is 10.5 Å². The molecular formula is C16H23FN2OS. The molecule has 1 atom stereocenters. The van der Waals surface area contributed by atoms with Crippen LogP contribution in [0, 0.1) is 11.7 Å². The maximum absolute atomic E-state index is 13.2. The Labute approximate surface area is 131 Å². The Hall–Kier alpha value is -1.20. The lowest BCUT2D eigenvalue weighted by molar-refractivity contribution is 0.143.